The van der Waals surface area contributed by atoms with Crippen molar-refractivity contribution in [1.29, 1.82) is 0 Å². The molecule has 1 spiro atoms. The van der Waals surface area contributed by atoms with E-state index in [1.54, 1.807) is 6.20 Å². The molecule has 3 aromatic rings. The van der Waals surface area contributed by atoms with Crippen LogP contribution in [-0.4, -0.2) is 39.4 Å². The standard InChI is InChI=1S/C24H24N4O3S/c1-16-2-4-17(5-3-16)12-25-20(29)19-13-27-9-7-24(23(27)26-21(19)30)8-10-28(15-24)22(31)18-6-11-32-14-18/h2-6,11,13-14H,7-10,12,15H2,1H3,(H,25,29)/t24-/m1/s1. The zero-order valence-electron chi connectivity index (χ0n) is 17.8. The van der Waals surface area contributed by atoms with Crippen LogP contribution >= 0.6 is 11.3 Å². The van der Waals surface area contributed by atoms with E-state index >= 15 is 0 Å². The molecule has 5 rings (SSSR count). The predicted octanol–water partition coefficient (Wildman–Crippen LogP) is 2.73. The van der Waals surface area contributed by atoms with Crippen molar-refractivity contribution in [2.75, 3.05) is 13.1 Å². The van der Waals surface area contributed by atoms with Crippen molar-refractivity contribution in [3.63, 3.8) is 0 Å². The molecule has 0 aliphatic carbocycles. The summed E-state index contributed by atoms with van der Waals surface area (Å²) in [7, 11) is 0. The topological polar surface area (TPSA) is 84.3 Å². The van der Waals surface area contributed by atoms with Crippen LogP contribution in [0.4, 0.5) is 0 Å². The quantitative estimate of drug-likeness (QED) is 0.665. The van der Waals surface area contributed by atoms with E-state index < -0.39 is 11.5 Å². The number of hydrogen-bond donors (Lipinski definition) is 1. The van der Waals surface area contributed by atoms with Gasteiger partial charge in [0.2, 0.25) is 0 Å². The minimum Gasteiger partial charge on any atom is -0.348 e. The summed E-state index contributed by atoms with van der Waals surface area (Å²) >= 11 is 1.51. The molecule has 1 N–H and O–H groups in total. The van der Waals surface area contributed by atoms with Crippen LogP contribution in [-0.2, 0) is 18.5 Å². The summed E-state index contributed by atoms with van der Waals surface area (Å²) in [5.41, 5.74) is 2.05. The van der Waals surface area contributed by atoms with Crippen LogP contribution in [0, 0.1) is 6.92 Å². The number of fused-ring (bicyclic) bond motifs is 2. The smallest absolute Gasteiger partial charge is 0.285 e. The van der Waals surface area contributed by atoms with Gasteiger partial charge in [-0.1, -0.05) is 29.8 Å². The lowest BCUT2D eigenvalue weighted by molar-refractivity contribution is 0.0783. The monoisotopic (exact) mass is 448 g/mol. The Morgan fingerprint density at radius 3 is 2.69 bits per heavy atom. The number of carbonyl (C=O) groups excluding carboxylic acids is 2. The van der Waals surface area contributed by atoms with Gasteiger partial charge in [0.1, 0.15) is 11.4 Å². The van der Waals surface area contributed by atoms with Crippen LogP contribution in [0.15, 0.2) is 52.1 Å². The van der Waals surface area contributed by atoms with Crippen molar-refractivity contribution in [2.24, 2.45) is 0 Å². The Balaban J connectivity index is 1.33. The Morgan fingerprint density at radius 2 is 1.94 bits per heavy atom. The molecule has 1 atom stereocenters. The maximum Gasteiger partial charge on any atom is 0.285 e. The van der Waals surface area contributed by atoms with Gasteiger partial charge in [-0.2, -0.15) is 16.3 Å². The third kappa shape index (κ3) is 3.64. The van der Waals surface area contributed by atoms with Gasteiger partial charge in [-0.05, 0) is 36.8 Å². The molecule has 4 heterocycles. The molecule has 1 aromatic carbocycles. The summed E-state index contributed by atoms with van der Waals surface area (Å²) in [6.45, 7) is 4.23. The van der Waals surface area contributed by atoms with Crippen molar-refractivity contribution < 1.29 is 9.59 Å². The fourth-order valence-corrected chi connectivity index (χ4v) is 5.30. The summed E-state index contributed by atoms with van der Waals surface area (Å²) in [4.78, 5) is 44.4. The zero-order chi connectivity index (χ0) is 22.3. The molecule has 1 fully saturated rings. The molecule has 2 amide bonds. The number of nitrogens with one attached hydrogen (secondary N) is 1. The van der Waals surface area contributed by atoms with Gasteiger partial charge >= 0.3 is 0 Å². The summed E-state index contributed by atoms with van der Waals surface area (Å²) in [5.74, 6) is 0.300. The number of carbonyl (C=O) groups is 2. The molecule has 7 nitrogen and oxygen atoms in total. The number of likely N-dealkylation sites (tertiary alicyclic amines) is 1. The maximum atomic E-state index is 12.8. The lowest BCUT2D eigenvalue weighted by Crippen LogP contribution is -2.36. The highest BCUT2D eigenvalue weighted by molar-refractivity contribution is 7.08. The van der Waals surface area contributed by atoms with Gasteiger partial charge in [0.25, 0.3) is 17.4 Å². The number of aryl methyl sites for hydroxylation is 2. The average molecular weight is 449 g/mol. The van der Waals surface area contributed by atoms with Crippen molar-refractivity contribution in [1.82, 2.24) is 19.8 Å². The Morgan fingerprint density at radius 1 is 1.16 bits per heavy atom. The molecule has 0 unspecified atom stereocenters. The first-order valence-electron chi connectivity index (χ1n) is 10.7. The second-order valence-electron chi connectivity index (χ2n) is 8.66. The maximum absolute atomic E-state index is 12.8. The first-order chi connectivity index (χ1) is 15.4. The van der Waals surface area contributed by atoms with Crippen LogP contribution in [0.25, 0.3) is 0 Å². The molecular weight excluding hydrogens is 424 g/mol. The van der Waals surface area contributed by atoms with Gasteiger partial charge in [0.15, 0.2) is 0 Å². The molecule has 2 aromatic heterocycles. The molecular formula is C24H24N4O3S. The van der Waals surface area contributed by atoms with Gasteiger partial charge < -0.3 is 14.8 Å². The fraction of sp³-hybridized carbons (Fsp3) is 0.333. The number of amides is 2. The summed E-state index contributed by atoms with van der Waals surface area (Å²) in [6, 6.07) is 9.72. The van der Waals surface area contributed by atoms with Crippen molar-refractivity contribution in [3.05, 3.63) is 85.7 Å². The van der Waals surface area contributed by atoms with E-state index in [1.807, 2.05) is 57.5 Å². The Kier molecular flexibility index (Phi) is 5.17. The minimum absolute atomic E-state index is 0.0241. The highest BCUT2D eigenvalue weighted by Crippen LogP contribution is 2.41. The van der Waals surface area contributed by atoms with E-state index in [9.17, 15) is 14.4 Å². The first-order valence-corrected chi connectivity index (χ1v) is 11.7. The average Bonchev–Trinajstić information content (AvgIpc) is 3.54. The number of nitrogens with zero attached hydrogens (tertiary/aromatic N) is 3. The number of aromatic nitrogens is 2. The minimum atomic E-state index is -0.512. The van der Waals surface area contributed by atoms with Crippen LogP contribution < -0.4 is 10.9 Å². The number of rotatable bonds is 4. The Labute approximate surface area is 189 Å². The second kappa shape index (κ2) is 8.02. The van der Waals surface area contributed by atoms with E-state index in [1.165, 1.54) is 11.3 Å². The lowest BCUT2D eigenvalue weighted by Gasteiger charge is -2.23. The molecule has 164 valence electrons. The molecule has 2 aliphatic heterocycles. The van der Waals surface area contributed by atoms with Gasteiger partial charge in [0.05, 0.1) is 5.56 Å². The Hall–Kier alpha value is -3.26. The summed E-state index contributed by atoms with van der Waals surface area (Å²) < 4.78 is 1.92. The molecule has 32 heavy (non-hydrogen) atoms. The lowest BCUT2D eigenvalue weighted by atomic mass is 9.85. The first kappa shape index (κ1) is 20.6. The van der Waals surface area contributed by atoms with Crippen LogP contribution in [0.5, 0.6) is 0 Å². The van der Waals surface area contributed by atoms with Crippen molar-refractivity contribution >= 4 is 23.2 Å². The summed E-state index contributed by atoms with van der Waals surface area (Å²) in [5, 5.41) is 6.58. The highest BCUT2D eigenvalue weighted by atomic mass is 32.1. The number of thiophene rings is 1. The van der Waals surface area contributed by atoms with Crippen LogP contribution in [0.3, 0.4) is 0 Å². The Bertz CT molecular complexity index is 1230. The number of benzene rings is 1. The SMILES string of the molecule is Cc1ccc(CNC(=O)c2cn3c(nc2=O)[C@@]2(CCN(C(=O)c4ccsc4)C2)CC3)cc1. The van der Waals surface area contributed by atoms with Crippen LogP contribution in [0.1, 0.15) is 50.5 Å². The van der Waals surface area contributed by atoms with Gasteiger partial charge in [-0.25, -0.2) is 0 Å². The van der Waals surface area contributed by atoms with E-state index in [4.69, 9.17) is 0 Å². The molecule has 2 aliphatic rings. The molecule has 8 heteroatoms. The highest BCUT2D eigenvalue weighted by Gasteiger charge is 2.47. The zero-order valence-corrected chi connectivity index (χ0v) is 18.7. The van der Waals surface area contributed by atoms with E-state index in [0.29, 0.717) is 37.6 Å². The van der Waals surface area contributed by atoms with Crippen molar-refractivity contribution in [3.8, 4) is 0 Å². The van der Waals surface area contributed by atoms with Gasteiger partial charge in [-0.3, -0.25) is 14.4 Å². The number of hydrogen-bond acceptors (Lipinski definition) is 5. The van der Waals surface area contributed by atoms with Crippen LogP contribution in [0.2, 0.25) is 0 Å². The third-order valence-corrected chi connectivity index (χ3v) is 7.21. The molecule has 0 bridgehead atoms. The van der Waals surface area contributed by atoms with E-state index in [-0.39, 0.29) is 16.9 Å². The van der Waals surface area contributed by atoms with E-state index in [0.717, 1.165) is 24.0 Å². The largest absolute Gasteiger partial charge is 0.348 e. The predicted molar refractivity (Wildman–Crippen MR) is 122 cm³/mol. The summed E-state index contributed by atoms with van der Waals surface area (Å²) in [6.07, 6.45) is 3.21. The molecule has 0 saturated carbocycles. The molecule has 1 saturated heterocycles. The normalized spacial score (nSPS) is 19.3. The van der Waals surface area contributed by atoms with Gasteiger partial charge in [-0.15, -0.1) is 0 Å². The fourth-order valence-electron chi connectivity index (χ4n) is 4.67. The van der Waals surface area contributed by atoms with Crippen molar-refractivity contribution in [2.45, 2.75) is 38.3 Å². The molecule has 0 radical (unpaired) electrons. The van der Waals surface area contributed by atoms with E-state index in [2.05, 4.69) is 10.3 Å². The third-order valence-electron chi connectivity index (χ3n) is 6.53. The second-order valence-corrected chi connectivity index (χ2v) is 9.44. The van der Waals surface area contributed by atoms with Gasteiger partial charge in [0, 0.05) is 43.2 Å².